The minimum absolute atomic E-state index is 0.111. The standard InChI is InChI=1S/C31H42N4O4/c1-38-28-22-24(10-11-26(28)35-17-6-7-18-35)23-34-19-13-31(14-20-34)12-4-5-15-32-29(36)25-8-2-3-9-27(25)39-21-16-33-30(31)37/h2-3,8-11,22H,4-7,12-21,23H2,1H3,(H,32,36)(H,33,37). The van der Waals surface area contributed by atoms with Crippen LogP contribution in [0.4, 0.5) is 5.69 Å². The molecule has 5 rings (SSSR count). The average Bonchev–Trinajstić information content (AvgIpc) is 3.50. The molecule has 2 N–H and O–H groups in total. The lowest BCUT2D eigenvalue weighted by atomic mass is 9.73. The Morgan fingerprint density at radius 3 is 2.49 bits per heavy atom. The zero-order chi connectivity index (χ0) is 27.1. The summed E-state index contributed by atoms with van der Waals surface area (Å²) in [6.07, 6.45) is 6.72. The Labute approximate surface area is 232 Å². The number of anilines is 1. The van der Waals surface area contributed by atoms with Crippen molar-refractivity contribution in [1.29, 1.82) is 0 Å². The summed E-state index contributed by atoms with van der Waals surface area (Å²) in [4.78, 5) is 31.0. The summed E-state index contributed by atoms with van der Waals surface area (Å²) >= 11 is 0. The van der Waals surface area contributed by atoms with Gasteiger partial charge in [-0.05, 0) is 81.4 Å². The van der Waals surface area contributed by atoms with Gasteiger partial charge < -0.3 is 25.0 Å². The van der Waals surface area contributed by atoms with Crippen molar-refractivity contribution >= 4 is 17.5 Å². The molecular formula is C31H42N4O4. The Bertz CT molecular complexity index is 1140. The summed E-state index contributed by atoms with van der Waals surface area (Å²) in [5, 5.41) is 6.17. The highest BCUT2D eigenvalue weighted by atomic mass is 16.5. The van der Waals surface area contributed by atoms with Crippen molar-refractivity contribution in [3.05, 3.63) is 53.6 Å². The van der Waals surface area contributed by atoms with Crippen molar-refractivity contribution in [2.75, 3.05) is 57.9 Å². The van der Waals surface area contributed by atoms with Gasteiger partial charge in [-0.3, -0.25) is 14.5 Å². The van der Waals surface area contributed by atoms with Gasteiger partial charge in [0.05, 0.1) is 30.3 Å². The largest absolute Gasteiger partial charge is 0.495 e. The van der Waals surface area contributed by atoms with Crippen LogP contribution in [-0.2, 0) is 11.3 Å². The van der Waals surface area contributed by atoms with Crippen molar-refractivity contribution in [1.82, 2.24) is 15.5 Å². The maximum absolute atomic E-state index is 13.5. The number of likely N-dealkylation sites (tertiary alicyclic amines) is 1. The van der Waals surface area contributed by atoms with E-state index in [1.165, 1.54) is 24.1 Å². The Morgan fingerprint density at radius 1 is 0.897 bits per heavy atom. The fourth-order valence-electron chi connectivity index (χ4n) is 6.21. The molecule has 1 spiro atoms. The number of hydrogen-bond acceptors (Lipinski definition) is 6. The maximum atomic E-state index is 13.5. The highest BCUT2D eigenvalue weighted by molar-refractivity contribution is 5.96. The second-order valence-corrected chi connectivity index (χ2v) is 11.1. The summed E-state index contributed by atoms with van der Waals surface area (Å²) in [6.45, 7) is 6.14. The molecule has 8 nitrogen and oxygen atoms in total. The van der Waals surface area contributed by atoms with Gasteiger partial charge >= 0.3 is 0 Å². The molecule has 0 aromatic heterocycles. The monoisotopic (exact) mass is 534 g/mol. The summed E-state index contributed by atoms with van der Waals surface area (Å²) in [5.41, 5.74) is 2.60. The number of hydrogen-bond donors (Lipinski definition) is 2. The molecule has 0 atom stereocenters. The van der Waals surface area contributed by atoms with Crippen LogP contribution in [0.15, 0.2) is 42.5 Å². The van der Waals surface area contributed by atoms with Crippen LogP contribution in [0, 0.1) is 5.41 Å². The van der Waals surface area contributed by atoms with E-state index in [1.54, 1.807) is 19.2 Å². The lowest BCUT2D eigenvalue weighted by molar-refractivity contribution is -0.134. The average molecular weight is 535 g/mol. The molecule has 2 saturated heterocycles. The van der Waals surface area contributed by atoms with Crippen LogP contribution in [0.1, 0.15) is 60.9 Å². The minimum Gasteiger partial charge on any atom is -0.495 e. The number of para-hydroxylation sites is 1. The fraction of sp³-hybridized carbons (Fsp3) is 0.548. The van der Waals surface area contributed by atoms with Crippen molar-refractivity contribution in [2.24, 2.45) is 5.41 Å². The smallest absolute Gasteiger partial charge is 0.255 e. The minimum atomic E-state index is -0.375. The highest BCUT2D eigenvalue weighted by Crippen LogP contribution is 2.38. The Balaban J connectivity index is 1.20. The number of fused-ring (bicyclic) bond motifs is 1. The van der Waals surface area contributed by atoms with Crippen molar-refractivity contribution in [3.8, 4) is 11.5 Å². The van der Waals surface area contributed by atoms with E-state index in [0.29, 0.717) is 31.0 Å². The predicted octanol–water partition coefficient (Wildman–Crippen LogP) is 3.99. The third kappa shape index (κ3) is 6.49. The number of ether oxygens (including phenoxy) is 2. The second-order valence-electron chi connectivity index (χ2n) is 11.1. The number of benzene rings is 2. The lowest BCUT2D eigenvalue weighted by Gasteiger charge is -2.41. The lowest BCUT2D eigenvalue weighted by Crippen LogP contribution is -2.49. The summed E-state index contributed by atoms with van der Waals surface area (Å²) in [7, 11) is 1.75. The molecule has 0 aliphatic carbocycles. The first-order valence-electron chi connectivity index (χ1n) is 14.5. The van der Waals surface area contributed by atoms with Gasteiger partial charge in [-0.1, -0.05) is 24.6 Å². The molecule has 2 aromatic rings. The number of nitrogens with one attached hydrogen (secondary N) is 2. The van der Waals surface area contributed by atoms with Gasteiger partial charge in [-0.15, -0.1) is 0 Å². The highest BCUT2D eigenvalue weighted by Gasteiger charge is 2.40. The quantitative estimate of drug-likeness (QED) is 0.618. The van der Waals surface area contributed by atoms with E-state index in [0.717, 1.165) is 70.6 Å². The van der Waals surface area contributed by atoms with E-state index in [4.69, 9.17) is 9.47 Å². The Kier molecular flexibility index (Phi) is 8.91. The number of methoxy groups -OCH3 is 1. The number of carbonyl (C=O) groups is 2. The molecule has 3 aliphatic heterocycles. The zero-order valence-electron chi connectivity index (χ0n) is 23.2. The first-order chi connectivity index (χ1) is 19.1. The maximum Gasteiger partial charge on any atom is 0.255 e. The predicted molar refractivity (Wildman–Crippen MR) is 153 cm³/mol. The molecule has 3 aliphatic rings. The molecule has 8 heteroatoms. The molecule has 0 radical (unpaired) electrons. The first-order valence-corrected chi connectivity index (χ1v) is 14.5. The summed E-state index contributed by atoms with van der Waals surface area (Å²) < 4.78 is 11.6. The summed E-state index contributed by atoms with van der Waals surface area (Å²) in [6, 6.07) is 13.9. The van der Waals surface area contributed by atoms with Crippen LogP contribution < -0.4 is 25.0 Å². The molecule has 3 heterocycles. The molecular weight excluding hydrogens is 492 g/mol. The van der Waals surface area contributed by atoms with E-state index in [-0.39, 0.29) is 17.2 Å². The van der Waals surface area contributed by atoms with Gasteiger partial charge in [-0.25, -0.2) is 0 Å². The van der Waals surface area contributed by atoms with E-state index in [1.807, 2.05) is 12.1 Å². The number of amides is 2. The van der Waals surface area contributed by atoms with Crippen LogP contribution in [-0.4, -0.2) is 69.7 Å². The van der Waals surface area contributed by atoms with E-state index in [2.05, 4.69) is 38.6 Å². The normalized spacial score (nSPS) is 20.9. The first kappa shape index (κ1) is 27.3. The van der Waals surface area contributed by atoms with Gasteiger partial charge in [0.25, 0.3) is 5.91 Å². The van der Waals surface area contributed by atoms with Crippen LogP contribution in [0.2, 0.25) is 0 Å². The molecule has 2 amide bonds. The summed E-state index contributed by atoms with van der Waals surface area (Å²) in [5.74, 6) is 1.52. The van der Waals surface area contributed by atoms with Crippen molar-refractivity contribution in [3.63, 3.8) is 0 Å². The van der Waals surface area contributed by atoms with Crippen molar-refractivity contribution in [2.45, 2.75) is 51.5 Å². The molecule has 2 aromatic carbocycles. The molecule has 2 fully saturated rings. The Hall–Kier alpha value is -3.26. The van der Waals surface area contributed by atoms with Gasteiger partial charge in [0.15, 0.2) is 0 Å². The number of carbonyl (C=O) groups excluding carboxylic acids is 2. The molecule has 0 saturated carbocycles. The van der Waals surface area contributed by atoms with E-state index >= 15 is 0 Å². The third-order valence-corrected chi connectivity index (χ3v) is 8.54. The Morgan fingerprint density at radius 2 is 1.69 bits per heavy atom. The second kappa shape index (κ2) is 12.7. The van der Waals surface area contributed by atoms with Gasteiger partial charge in [0.1, 0.15) is 18.1 Å². The van der Waals surface area contributed by atoms with Gasteiger partial charge in [0.2, 0.25) is 5.91 Å². The van der Waals surface area contributed by atoms with Crippen LogP contribution >= 0.6 is 0 Å². The molecule has 0 bridgehead atoms. The fourth-order valence-corrected chi connectivity index (χ4v) is 6.21. The topological polar surface area (TPSA) is 83.1 Å². The SMILES string of the molecule is COc1cc(CN2CCC3(CCCCNC(=O)c4ccccc4OCCNC3=O)CC2)ccc1N1CCCC1. The van der Waals surface area contributed by atoms with Gasteiger partial charge in [0, 0.05) is 26.2 Å². The molecule has 0 unspecified atom stereocenters. The number of rotatable bonds is 4. The number of nitrogens with zero attached hydrogens (tertiary/aromatic N) is 2. The van der Waals surface area contributed by atoms with E-state index < -0.39 is 0 Å². The zero-order valence-corrected chi connectivity index (χ0v) is 23.2. The van der Waals surface area contributed by atoms with E-state index in [9.17, 15) is 9.59 Å². The number of piperidine rings is 1. The van der Waals surface area contributed by atoms with Crippen molar-refractivity contribution < 1.29 is 19.1 Å². The molecule has 39 heavy (non-hydrogen) atoms. The van der Waals surface area contributed by atoms with Crippen LogP contribution in [0.5, 0.6) is 11.5 Å². The van der Waals surface area contributed by atoms with Crippen LogP contribution in [0.25, 0.3) is 0 Å². The van der Waals surface area contributed by atoms with Gasteiger partial charge in [-0.2, -0.15) is 0 Å². The molecule has 210 valence electrons. The van der Waals surface area contributed by atoms with Crippen LogP contribution in [0.3, 0.4) is 0 Å². The third-order valence-electron chi connectivity index (χ3n) is 8.54.